The molecular weight excluding hydrogens is 302 g/mol. The highest BCUT2D eigenvalue weighted by Crippen LogP contribution is 2.44. The van der Waals surface area contributed by atoms with Crippen LogP contribution in [0.25, 0.3) is 0 Å². The van der Waals surface area contributed by atoms with Crippen LogP contribution >= 0.6 is 0 Å². The van der Waals surface area contributed by atoms with Crippen molar-refractivity contribution >= 4 is 5.91 Å². The van der Waals surface area contributed by atoms with E-state index in [1.165, 1.54) is 51.6 Å². The lowest BCUT2D eigenvalue weighted by atomic mass is 9.67. The van der Waals surface area contributed by atoms with Crippen LogP contribution in [0.5, 0.6) is 0 Å². The van der Waals surface area contributed by atoms with Crippen molar-refractivity contribution in [2.75, 3.05) is 39.3 Å². The molecule has 1 aromatic rings. The number of piperidine rings is 1. The zero-order valence-corrected chi connectivity index (χ0v) is 14.5. The molecule has 1 aliphatic carbocycles. The van der Waals surface area contributed by atoms with Crippen LogP contribution in [0.15, 0.2) is 22.8 Å². The van der Waals surface area contributed by atoms with Gasteiger partial charge >= 0.3 is 0 Å². The average Bonchev–Trinajstić information content (AvgIpc) is 3.17. The molecule has 1 saturated carbocycles. The lowest BCUT2D eigenvalue weighted by molar-refractivity contribution is 0.0312. The van der Waals surface area contributed by atoms with Gasteiger partial charge in [-0.1, -0.05) is 0 Å². The number of hydrogen-bond donors (Lipinski definition) is 1. The quantitative estimate of drug-likeness (QED) is 0.904. The highest BCUT2D eigenvalue weighted by atomic mass is 16.3. The van der Waals surface area contributed by atoms with Crippen LogP contribution in [0.1, 0.15) is 49.1 Å². The molecule has 3 heterocycles. The van der Waals surface area contributed by atoms with E-state index in [0.29, 0.717) is 11.2 Å². The van der Waals surface area contributed by atoms with E-state index < -0.39 is 0 Å². The summed E-state index contributed by atoms with van der Waals surface area (Å²) in [5.41, 5.74) is 0.638. The maximum atomic E-state index is 12.4. The number of nitrogens with one attached hydrogen (secondary N) is 1. The fourth-order valence-corrected chi connectivity index (χ4v) is 4.88. The van der Waals surface area contributed by atoms with E-state index in [0.717, 1.165) is 32.2 Å². The molecule has 1 spiro atoms. The van der Waals surface area contributed by atoms with Crippen molar-refractivity contribution in [2.24, 2.45) is 5.41 Å². The molecule has 2 aliphatic heterocycles. The second kappa shape index (κ2) is 6.89. The van der Waals surface area contributed by atoms with E-state index in [-0.39, 0.29) is 5.91 Å². The van der Waals surface area contributed by atoms with Gasteiger partial charge < -0.3 is 14.6 Å². The summed E-state index contributed by atoms with van der Waals surface area (Å²) in [6.45, 7) is 6.07. The molecule has 5 nitrogen and oxygen atoms in total. The average molecular weight is 331 g/mol. The van der Waals surface area contributed by atoms with Gasteiger partial charge in [-0.25, -0.2) is 0 Å². The summed E-state index contributed by atoms with van der Waals surface area (Å²) in [6.07, 6.45) is 9.77. The molecule has 0 unspecified atom stereocenters. The summed E-state index contributed by atoms with van der Waals surface area (Å²) in [7, 11) is 0. The summed E-state index contributed by atoms with van der Waals surface area (Å²) in [5.74, 6) is 0.505. The Bertz CT molecular complexity index is 533. The third kappa shape index (κ3) is 3.24. The van der Waals surface area contributed by atoms with Gasteiger partial charge in [0.15, 0.2) is 5.76 Å². The van der Waals surface area contributed by atoms with Crippen LogP contribution in [0.2, 0.25) is 0 Å². The Morgan fingerprint density at radius 2 is 1.79 bits per heavy atom. The Hall–Kier alpha value is -1.33. The van der Waals surface area contributed by atoms with Gasteiger partial charge in [-0.05, 0) is 69.2 Å². The summed E-state index contributed by atoms with van der Waals surface area (Å²) in [4.78, 5) is 16.9. The Morgan fingerprint density at radius 3 is 2.42 bits per heavy atom. The molecule has 5 heteroatoms. The molecule has 0 bridgehead atoms. The Kier molecular flexibility index (Phi) is 4.63. The van der Waals surface area contributed by atoms with Gasteiger partial charge in [-0.3, -0.25) is 9.69 Å². The van der Waals surface area contributed by atoms with Crippen LogP contribution in [0.3, 0.4) is 0 Å². The van der Waals surface area contributed by atoms with E-state index in [4.69, 9.17) is 4.42 Å². The van der Waals surface area contributed by atoms with Crippen molar-refractivity contribution in [3.63, 3.8) is 0 Å². The van der Waals surface area contributed by atoms with Crippen molar-refractivity contribution in [1.29, 1.82) is 0 Å². The minimum atomic E-state index is 0.0388. The fraction of sp³-hybridized carbons (Fsp3) is 0.737. The smallest absolute Gasteiger partial charge is 0.289 e. The van der Waals surface area contributed by atoms with Crippen LogP contribution in [-0.4, -0.2) is 61.0 Å². The number of rotatable bonds is 2. The zero-order valence-electron chi connectivity index (χ0n) is 14.5. The Balaban J connectivity index is 1.27. The normalized spacial score (nSPS) is 25.9. The van der Waals surface area contributed by atoms with Gasteiger partial charge in [-0.2, -0.15) is 0 Å². The van der Waals surface area contributed by atoms with Crippen molar-refractivity contribution in [3.8, 4) is 0 Å². The van der Waals surface area contributed by atoms with E-state index >= 15 is 0 Å². The topological polar surface area (TPSA) is 48.7 Å². The molecule has 4 rings (SSSR count). The third-order valence-electron chi connectivity index (χ3n) is 6.53. The molecule has 1 amide bonds. The van der Waals surface area contributed by atoms with Crippen LogP contribution < -0.4 is 5.32 Å². The number of carbonyl (C=O) groups excluding carboxylic acids is 1. The molecule has 2 saturated heterocycles. The number of carbonyl (C=O) groups is 1. The van der Waals surface area contributed by atoms with E-state index in [9.17, 15) is 4.79 Å². The maximum absolute atomic E-state index is 12.4. The minimum Gasteiger partial charge on any atom is -0.459 e. The van der Waals surface area contributed by atoms with Crippen molar-refractivity contribution in [2.45, 2.75) is 44.6 Å². The largest absolute Gasteiger partial charge is 0.459 e. The summed E-state index contributed by atoms with van der Waals surface area (Å²) in [5, 5.41) is 3.50. The Labute approximate surface area is 144 Å². The number of hydrogen-bond acceptors (Lipinski definition) is 4. The number of piperazine rings is 1. The number of nitrogens with zero attached hydrogens (tertiary/aromatic N) is 2. The zero-order chi connectivity index (χ0) is 16.4. The summed E-state index contributed by atoms with van der Waals surface area (Å²) >= 11 is 0. The molecular formula is C19H29N3O2. The molecule has 3 aliphatic rings. The highest BCUT2D eigenvalue weighted by molar-refractivity contribution is 5.91. The molecule has 24 heavy (non-hydrogen) atoms. The first-order chi connectivity index (χ1) is 11.8. The fourth-order valence-electron chi connectivity index (χ4n) is 4.88. The molecule has 0 atom stereocenters. The highest BCUT2D eigenvalue weighted by Gasteiger charge is 2.38. The predicted octanol–water partition coefficient (Wildman–Crippen LogP) is 2.35. The van der Waals surface area contributed by atoms with Gasteiger partial charge in [0.2, 0.25) is 0 Å². The number of amides is 1. The van der Waals surface area contributed by atoms with E-state index in [1.807, 2.05) is 4.90 Å². The van der Waals surface area contributed by atoms with Crippen molar-refractivity contribution in [1.82, 2.24) is 15.1 Å². The SMILES string of the molecule is O=C(c1ccco1)N1CCN(C2CCC3(CCNCC3)CC2)CC1. The second-order valence-electron chi connectivity index (χ2n) is 7.79. The van der Waals surface area contributed by atoms with Crippen LogP contribution in [0.4, 0.5) is 0 Å². The minimum absolute atomic E-state index is 0.0388. The lowest BCUT2D eigenvalue weighted by Crippen LogP contribution is -2.53. The maximum Gasteiger partial charge on any atom is 0.289 e. The third-order valence-corrected chi connectivity index (χ3v) is 6.53. The van der Waals surface area contributed by atoms with E-state index in [1.54, 1.807) is 18.4 Å². The summed E-state index contributed by atoms with van der Waals surface area (Å²) < 4.78 is 5.25. The monoisotopic (exact) mass is 331 g/mol. The second-order valence-corrected chi connectivity index (χ2v) is 7.79. The van der Waals surface area contributed by atoms with Crippen LogP contribution in [-0.2, 0) is 0 Å². The lowest BCUT2D eigenvalue weighted by Gasteiger charge is -2.47. The van der Waals surface area contributed by atoms with Gasteiger partial charge in [0.1, 0.15) is 0 Å². The summed E-state index contributed by atoms with van der Waals surface area (Å²) in [6, 6.07) is 4.27. The molecule has 132 valence electrons. The number of furan rings is 1. The first kappa shape index (κ1) is 16.2. The van der Waals surface area contributed by atoms with Crippen LogP contribution in [0, 0.1) is 5.41 Å². The molecule has 0 radical (unpaired) electrons. The van der Waals surface area contributed by atoms with Gasteiger partial charge in [0.25, 0.3) is 5.91 Å². The van der Waals surface area contributed by atoms with Crippen molar-refractivity contribution in [3.05, 3.63) is 24.2 Å². The standard InChI is InChI=1S/C19H29N3O2/c23-18(17-2-1-15-24-17)22-13-11-21(12-14-22)16-3-5-19(6-4-16)7-9-20-10-8-19/h1-2,15-16,20H,3-14H2. The van der Waals surface area contributed by atoms with Gasteiger partial charge in [-0.15, -0.1) is 0 Å². The van der Waals surface area contributed by atoms with E-state index in [2.05, 4.69) is 10.2 Å². The molecule has 1 N–H and O–H groups in total. The van der Waals surface area contributed by atoms with Gasteiger partial charge in [0, 0.05) is 32.2 Å². The predicted molar refractivity (Wildman–Crippen MR) is 93.0 cm³/mol. The molecule has 3 fully saturated rings. The molecule has 0 aromatic carbocycles. The van der Waals surface area contributed by atoms with Crippen molar-refractivity contribution < 1.29 is 9.21 Å². The first-order valence-corrected chi connectivity index (χ1v) is 9.53. The molecule has 1 aromatic heterocycles. The van der Waals surface area contributed by atoms with Gasteiger partial charge in [0.05, 0.1) is 6.26 Å². The first-order valence-electron chi connectivity index (χ1n) is 9.53. The Morgan fingerprint density at radius 1 is 1.08 bits per heavy atom.